The molecule has 4 rings (SSSR count). The quantitative estimate of drug-likeness (QED) is 0.570. The van der Waals surface area contributed by atoms with Crippen molar-refractivity contribution >= 4 is 22.9 Å². The van der Waals surface area contributed by atoms with E-state index in [9.17, 15) is 0 Å². The maximum absolute atomic E-state index is 5.06. The van der Waals surface area contributed by atoms with E-state index >= 15 is 0 Å². The molecule has 0 bridgehead atoms. The van der Waals surface area contributed by atoms with Crippen molar-refractivity contribution in [1.29, 1.82) is 0 Å². The summed E-state index contributed by atoms with van der Waals surface area (Å²) in [4.78, 5) is 14.3. The Morgan fingerprint density at radius 3 is 2.46 bits per heavy atom. The average Bonchev–Trinajstić information content (AvgIpc) is 2.87. The molecule has 1 aliphatic rings. The predicted octanol–water partition coefficient (Wildman–Crippen LogP) is 5.04. The van der Waals surface area contributed by atoms with Gasteiger partial charge in [-0.2, -0.15) is 0 Å². The van der Waals surface area contributed by atoms with E-state index in [-0.39, 0.29) is 0 Å². The third-order valence-corrected chi connectivity index (χ3v) is 4.99. The van der Waals surface area contributed by atoms with Crippen LogP contribution in [-0.2, 0) is 0 Å². The molecule has 3 aromatic rings. The zero-order chi connectivity index (χ0) is 19.3. The molecule has 0 spiro atoms. The summed E-state index contributed by atoms with van der Waals surface area (Å²) in [6, 6.07) is 23.0. The third kappa shape index (κ3) is 3.82. The number of hydrogen-bond donors (Lipinski definition) is 0. The molecule has 142 valence electrons. The standard InChI is InChI=1S/C24H26N4/c1-27(2)17-8-9-18-28-22-15-7-6-13-20(22)23(19-11-4-3-5-12-19)26-21-14-10-16-25-24(21)28/h3-7,10-16H,8-9,17-18H2,1-2H3. The van der Waals surface area contributed by atoms with E-state index in [2.05, 4.69) is 78.5 Å². The highest BCUT2D eigenvalue weighted by atomic mass is 15.2. The highest BCUT2D eigenvalue weighted by Gasteiger charge is 2.24. The summed E-state index contributed by atoms with van der Waals surface area (Å²) < 4.78 is 0. The van der Waals surface area contributed by atoms with Crippen LogP contribution in [0.15, 0.2) is 77.9 Å². The van der Waals surface area contributed by atoms with Crippen LogP contribution >= 0.6 is 0 Å². The summed E-state index contributed by atoms with van der Waals surface area (Å²) in [5, 5.41) is 0. The number of benzene rings is 2. The molecule has 1 aromatic heterocycles. The zero-order valence-corrected chi connectivity index (χ0v) is 16.5. The molecule has 0 aliphatic carbocycles. The topological polar surface area (TPSA) is 31.7 Å². The van der Waals surface area contributed by atoms with Crippen LogP contribution in [-0.4, -0.2) is 42.8 Å². The Bertz CT molecular complexity index is 963. The summed E-state index contributed by atoms with van der Waals surface area (Å²) in [7, 11) is 4.25. The van der Waals surface area contributed by atoms with E-state index < -0.39 is 0 Å². The Morgan fingerprint density at radius 2 is 1.64 bits per heavy atom. The Kier molecular flexibility index (Phi) is 5.49. The number of nitrogens with zero attached hydrogens (tertiary/aromatic N) is 4. The van der Waals surface area contributed by atoms with Gasteiger partial charge in [-0.15, -0.1) is 0 Å². The first-order valence-electron chi connectivity index (χ1n) is 9.85. The van der Waals surface area contributed by atoms with Crippen LogP contribution in [0.1, 0.15) is 24.0 Å². The van der Waals surface area contributed by atoms with Gasteiger partial charge in [0, 0.05) is 23.9 Å². The second-order valence-electron chi connectivity index (χ2n) is 7.35. The molecule has 0 amide bonds. The van der Waals surface area contributed by atoms with E-state index in [0.29, 0.717) is 0 Å². The number of para-hydroxylation sites is 1. The minimum Gasteiger partial charge on any atom is -0.324 e. The smallest absolute Gasteiger partial charge is 0.159 e. The molecular formula is C24H26N4. The highest BCUT2D eigenvalue weighted by molar-refractivity contribution is 6.18. The van der Waals surface area contributed by atoms with Gasteiger partial charge in [0.15, 0.2) is 5.82 Å². The number of pyridine rings is 1. The van der Waals surface area contributed by atoms with Crippen LogP contribution in [0.25, 0.3) is 0 Å². The van der Waals surface area contributed by atoms with Crippen LogP contribution in [0.4, 0.5) is 17.2 Å². The first-order chi connectivity index (χ1) is 13.7. The van der Waals surface area contributed by atoms with Gasteiger partial charge in [-0.05, 0) is 51.7 Å². The average molecular weight is 371 g/mol. The minimum atomic E-state index is 0.921. The molecule has 0 N–H and O–H groups in total. The summed E-state index contributed by atoms with van der Waals surface area (Å²) >= 11 is 0. The molecule has 4 nitrogen and oxygen atoms in total. The molecule has 2 heterocycles. The number of hydrogen-bond acceptors (Lipinski definition) is 4. The van der Waals surface area contributed by atoms with Gasteiger partial charge in [0.25, 0.3) is 0 Å². The summed E-state index contributed by atoms with van der Waals surface area (Å²) in [6.45, 7) is 2.02. The zero-order valence-electron chi connectivity index (χ0n) is 16.5. The molecule has 1 aliphatic heterocycles. The highest BCUT2D eigenvalue weighted by Crippen LogP contribution is 2.39. The van der Waals surface area contributed by atoms with Crippen LogP contribution < -0.4 is 4.90 Å². The van der Waals surface area contributed by atoms with Crippen molar-refractivity contribution in [1.82, 2.24) is 9.88 Å². The molecule has 0 saturated heterocycles. The largest absolute Gasteiger partial charge is 0.324 e. The molecule has 0 atom stereocenters. The van der Waals surface area contributed by atoms with Gasteiger partial charge in [0.2, 0.25) is 0 Å². The molecule has 0 radical (unpaired) electrons. The molecule has 2 aromatic carbocycles. The van der Waals surface area contributed by atoms with Crippen molar-refractivity contribution in [3.63, 3.8) is 0 Å². The van der Waals surface area contributed by atoms with Crippen molar-refractivity contribution in [2.24, 2.45) is 4.99 Å². The maximum atomic E-state index is 5.06. The summed E-state index contributed by atoms with van der Waals surface area (Å²) in [5.41, 5.74) is 5.37. The van der Waals surface area contributed by atoms with Crippen LogP contribution in [0.5, 0.6) is 0 Å². The van der Waals surface area contributed by atoms with Gasteiger partial charge in [0.1, 0.15) is 5.69 Å². The normalized spacial score (nSPS) is 13.0. The van der Waals surface area contributed by atoms with Gasteiger partial charge in [-0.25, -0.2) is 9.98 Å². The number of unbranched alkanes of at least 4 members (excludes halogenated alkanes) is 1. The second kappa shape index (κ2) is 8.36. The molecule has 0 saturated carbocycles. The third-order valence-electron chi connectivity index (χ3n) is 4.99. The number of fused-ring (bicyclic) bond motifs is 2. The van der Waals surface area contributed by atoms with Gasteiger partial charge >= 0.3 is 0 Å². The lowest BCUT2D eigenvalue weighted by Gasteiger charge is -2.25. The van der Waals surface area contributed by atoms with Crippen molar-refractivity contribution < 1.29 is 0 Å². The second-order valence-corrected chi connectivity index (χ2v) is 7.35. The van der Waals surface area contributed by atoms with Crippen LogP contribution in [0.3, 0.4) is 0 Å². The lowest BCUT2D eigenvalue weighted by molar-refractivity contribution is 0.395. The van der Waals surface area contributed by atoms with Gasteiger partial charge in [-0.1, -0.05) is 48.5 Å². The molecule has 0 unspecified atom stereocenters. The predicted molar refractivity (Wildman–Crippen MR) is 117 cm³/mol. The van der Waals surface area contributed by atoms with Gasteiger partial charge in [-0.3, -0.25) is 0 Å². The lowest BCUT2D eigenvalue weighted by Crippen LogP contribution is -2.22. The molecule has 0 fully saturated rings. The summed E-state index contributed by atoms with van der Waals surface area (Å²) in [6.07, 6.45) is 4.11. The Labute approximate surface area is 167 Å². The van der Waals surface area contributed by atoms with E-state index in [1.807, 2.05) is 18.3 Å². The Hall–Kier alpha value is -2.98. The van der Waals surface area contributed by atoms with Crippen molar-refractivity contribution in [2.45, 2.75) is 12.8 Å². The van der Waals surface area contributed by atoms with Crippen molar-refractivity contribution in [2.75, 3.05) is 32.1 Å². The first kappa shape index (κ1) is 18.4. The first-order valence-corrected chi connectivity index (χ1v) is 9.85. The van der Waals surface area contributed by atoms with E-state index in [1.165, 1.54) is 5.69 Å². The van der Waals surface area contributed by atoms with E-state index in [1.54, 1.807) is 0 Å². The fourth-order valence-electron chi connectivity index (χ4n) is 3.63. The number of anilines is 2. The van der Waals surface area contributed by atoms with Gasteiger partial charge in [0.05, 0.1) is 11.4 Å². The number of rotatable bonds is 6. The molecule has 28 heavy (non-hydrogen) atoms. The Balaban J connectivity index is 1.78. The Morgan fingerprint density at radius 1 is 0.857 bits per heavy atom. The fraction of sp³-hybridized carbons (Fsp3) is 0.250. The van der Waals surface area contributed by atoms with Crippen LogP contribution in [0, 0.1) is 0 Å². The van der Waals surface area contributed by atoms with Crippen LogP contribution in [0.2, 0.25) is 0 Å². The maximum Gasteiger partial charge on any atom is 0.159 e. The monoisotopic (exact) mass is 370 g/mol. The van der Waals surface area contributed by atoms with E-state index in [4.69, 9.17) is 9.98 Å². The fourth-order valence-corrected chi connectivity index (χ4v) is 3.63. The number of aliphatic imine (C=N–C) groups is 1. The number of aromatic nitrogens is 1. The molecule has 4 heteroatoms. The lowest BCUT2D eigenvalue weighted by atomic mass is 10.00. The van der Waals surface area contributed by atoms with Gasteiger partial charge < -0.3 is 9.80 Å². The van der Waals surface area contributed by atoms with Crippen molar-refractivity contribution in [3.05, 3.63) is 84.1 Å². The van der Waals surface area contributed by atoms with Crippen molar-refractivity contribution in [3.8, 4) is 0 Å². The molecular weight excluding hydrogens is 344 g/mol. The SMILES string of the molecule is CN(C)CCCCN1c2ccccc2C(c2ccccc2)=Nc2cccnc21. The minimum absolute atomic E-state index is 0.921. The summed E-state index contributed by atoms with van der Waals surface area (Å²) in [5.74, 6) is 0.936. The van der Waals surface area contributed by atoms with E-state index in [0.717, 1.165) is 54.3 Å².